The van der Waals surface area contributed by atoms with Crippen LogP contribution in [-0.2, 0) is 11.2 Å². The van der Waals surface area contributed by atoms with Crippen LogP contribution < -0.4 is 23.7 Å². The van der Waals surface area contributed by atoms with Gasteiger partial charge in [0, 0.05) is 16.7 Å². The van der Waals surface area contributed by atoms with Crippen molar-refractivity contribution in [2.75, 3.05) is 28.4 Å². The van der Waals surface area contributed by atoms with Gasteiger partial charge in [-0.3, -0.25) is 0 Å². The first-order valence-electron chi connectivity index (χ1n) is 11.4. The van der Waals surface area contributed by atoms with E-state index >= 15 is 0 Å². The number of aliphatic hydroxyl groups excluding tert-OH is 1. The SMILES string of the molecule is C/C=C(/C)C(=O)Oc1c(OC)c(OC)cc2c1-c1c(cc(O)c(OC)c1OC)[C@@H](O)[C@H](C)[C@H](C)C2. The van der Waals surface area contributed by atoms with Crippen LogP contribution in [0, 0.1) is 11.8 Å². The van der Waals surface area contributed by atoms with E-state index in [9.17, 15) is 15.0 Å². The minimum absolute atomic E-state index is 0.0334. The number of allylic oxidation sites excluding steroid dienone is 1. The maximum absolute atomic E-state index is 12.9. The predicted octanol–water partition coefficient (Wildman–Crippen LogP) is 4.83. The quantitative estimate of drug-likeness (QED) is 0.340. The summed E-state index contributed by atoms with van der Waals surface area (Å²) in [4.78, 5) is 12.9. The van der Waals surface area contributed by atoms with Crippen LogP contribution in [-0.4, -0.2) is 44.6 Å². The summed E-state index contributed by atoms with van der Waals surface area (Å²) >= 11 is 0. The lowest BCUT2D eigenvalue weighted by Gasteiger charge is -2.33. The van der Waals surface area contributed by atoms with Crippen molar-refractivity contribution >= 4 is 5.97 Å². The zero-order valence-electron chi connectivity index (χ0n) is 21.5. The number of fused-ring (bicyclic) bond motifs is 3. The summed E-state index contributed by atoms with van der Waals surface area (Å²) in [6, 6.07) is 3.32. The topological polar surface area (TPSA) is 104 Å². The third kappa shape index (κ3) is 4.50. The smallest absolute Gasteiger partial charge is 0.338 e. The molecule has 1 aliphatic carbocycles. The zero-order chi connectivity index (χ0) is 26.0. The molecule has 0 bridgehead atoms. The van der Waals surface area contributed by atoms with Crippen LogP contribution in [0.4, 0.5) is 0 Å². The number of hydrogen-bond acceptors (Lipinski definition) is 8. The van der Waals surface area contributed by atoms with Crippen molar-refractivity contribution in [3.63, 3.8) is 0 Å². The van der Waals surface area contributed by atoms with Gasteiger partial charge in [0.25, 0.3) is 0 Å². The molecule has 0 spiro atoms. The predicted molar refractivity (Wildman–Crippen MR) is 132 cm³/mol. The van der Waals surface area contributed by atoms with Gasteiger partial charge in [0.2, 0.25) is 11.5 Å². The van der Waals surface area contributed by atoms with Crippen LogP contribution in [0.3, 0.4) is 0 Å². The Morgan fingerprint density at radius 1 is 0.943 bits per heavy atom. The molecule has 2 aromatic carbocycles. The zero-order valence-corrected chi connectivity index (χ0v) is 21.5. The van der Waals surface area contributed by atoms with Crippen LogP contribution in [0.1, 0.15) is 44.9 Å². The van der Waals surface area contributed by atoms with Crippen molar-refractivity contribution in [1.82, 2.24) is 0 Å². The van der Waals surface area contributed by atoms with Crippen molar-refractivity contribution in [3.8, 4) is 45.6 Å². The van der Waals surface area contributed by atoms with Crippen molar-refractivity contribution < 1.29 is 38.7 Å². The highest BCUT2D eigenvalue weighted by Crippen LogP contribution is 2.57. The van der Waals surface area contributed by atoms with E-state index in [1.807, 2.05) is 19.9 Å². The molecule has 35 heavy (non-hydrogen) atoms. The first-order chi connectivity index (χ1) is 16.6. The number of phenolic OH excluding ortho intramolecular Hbond substituents is 1. The van der Waals surface area contributed by atoms with Gasteiger partial charge in [-0.05, 0) is 55.4 Å². The number of ether oxygens (including phenoxy) is 5. The van der Waals surface area contributed by atoms with Crippen LogP contribution in [0.15, 0.2) is 23.8 Å². The monoisotopic (exact) mass is 486 g/mol. The van der Waals surface area contributed by atoms with Crippen LogP contribution in [0.2, 0.25) is 0 Å². The molecule has 2 N–H and O–H groups in total. The average molecular weight is 487 g/mol. The second kappa shape index (κ2) is 10.5. The number of carbonyl (C=O) groups excluding carboxylic acids is 1. The molecule has 0 unspecified atom stereocenters. The Balaban J connectivity index is 2.56. The second-order valence-corrected chi connectivity index (χ2v) is 8.75. The van der Waals surface area contributed by atoms with E-state index < -0.39 is 12.1 Å². The number of benzene rings is 2. The summed E-state index contributed by atoms with van der Waals surface area (Å²) in [7, 11) is 5.84. The van der Waals surface area contributed by atoms with Gasteiger partial charge < -0.3 is 33.9 Å². The molecule has 0 amide bonds. The Morgan fingerprint density at radius 2 is 1.57 bits per heavy atom. The van der Waals surface area contributed by atoms with E-state index in [1.165, 1.54) is 34.5 Å². The maximum Gasteiger partial charge on any atom is 0.338 e. The number of hydrogen-bond donors (Lipinski definition) is 2. The van der Waals surface area contributed by atoms with E-state index in [0.717, 1.165) is 5.56 Å². The molecular formula is C27H34O8. The molecule has 0 saturated heterocycles. The largest absolute Gasteiger partial charge is 0.504 e. The standard InChI is InChI=1S/C27H34O8/c1-9-13(2)27(30)35-26-20-16(11-19(31-5)24(26)33-7)10-14(3)15(4)22(29)17-12-18(28)23(32-6)25(34-8)21(17)20/h9,11-12,14-15,22,28-29H,10H2,1-8H3/b13-9-/t14-,15-,22+/m1/s1. The van der Waals surface area contributed by atoms with Gasteiger partial charge in [-0.25, -0.2) is 4.79 Å². The minimum atomic E-state index is -0.937. The molecule has 1 aliphatic rings. The van der Waals surface area contributed by atoms with Gasteiger partial charge in [-0.2, -0.15) is 0 Å². The fourth-order valence-electron chi connectivity index (χ4n) is 4.49. The number of carbonyl (C=O) groups is 1. The van der Waals surface area contributed by atoms with E-state index in [1.54, 1.807) is 19.9 Å². The third-order valence-electron chi connectivity index (χ3n) is 6.82. The van der Waals surface area contributed by atoms with Crippen LogP contribution in [0.5, 0.6) is 34.5 Å². The lowest BCUT2D eigenvalue weighted by atomic mass is 9.76. The molecule has 0 heterocycles. The van der Waals surface area contributed by atoms with Gasteiger partial charge in [-0.15, -0.1) is 0 Å². The first-order valence-corrected chi connectivity index (χ1v) is 11.4. The summed E-state index contributed by atoms with van der Waals surface area (Å²) in [5.41, 5.74) is 2.59. The number of aromatic hydroxyl groups is 1. The summed E-state index contributed by atoms with van der Waals surface area (Å²) < 4.78 is 28.4. The van der Waals surface area contributed by atoms with Gasteiger partial charge in [0.05, 0.1) is 34.5 Å². The fraction of sp³-hybridized carbons (Fsp3) is 0.444. The van der Waals surface area contributed by atoms with E-state index in [0.29, 0.717) is 34.4 Å². The van der Waals surface area contributed by atoms with Gasteiger partial charge in [0.1, 0.15) is 0 Å². The Morgan fingerprint density at radius 3 is 2.11 bits per heavy atom. The van der Waals surface area contributed by atoms with E-state index in [-0.39, 0.29) is 40.6 Å². The highest BCUT2D eigenvalue weighted by molar-refractivity contribution is 5.94. The first kappa shape index (κ1) is 26.2. The Hall–Kier alpha value is -3.39. The van der Waals surface area contributed by atoms with E-state index in [4.69, 9.17) is 23.7 Å². The highest BCUT2D eigenvalue weighted by Gasteiger charge is 2.37. The second-order valence-electron chi connectivity index (χ2n) is 8.75. The molecule has 0 saturated carbocycles. The maximum atomic E-state index is 12.9. The molecule has 3 rings (SSSR count). The number of esters is 1. The lowest BCUT2D eigenvalue weighted by Crippen LogP contribution is -2.23. The van der Waals surface area contributed by atoms with E-state index in [2.05, 4.69) is 0 Å². The number of rotatable bonds is 6. The summed E-state index contributed by atoms with van der Waals surface area (Å²) in [5, 5.41) is 22.1. The van der Waals surface area contributed by atoms with Gasteiger partial charge in [-0.1, -0.05) is 19.9 Å². The number of methoxy groups -OCH3 is 4. The molecule has 8 heteroatoms. The minimum Gasteiger partial charge on any atom is -0.504 e. The molecule has 2 aromatic rings. The van der Waals surface area contributed by atoms with Crippen molar-refractivity contribution in [1.29, 1.82) is 0 Å². The highest BCUT2D eigenvalue weighted by atomic mass is 16.6. The Bertz CT molecular complexity index is 1150. The summed E-state index contributed by atoms with van der Waals surface area (Å²) in [6.45, 7) is 7.39. The summed E-state index contributed by atoms with van der Waals surface area (Å²) in [6.07, 6.45) is 1.27. The summed E-state index contributed by atoms with van der Waals surface area (Å²) in [5.74, 6) is 0.200. The molecular weight excluding hydrogens is 452 g/mol. The number of phenols is 1. The average Bonchev–Trinajstić information content (AvgIpc) is 2.85. The Labute approximate surface area is 206 Å². The normalized spacial score (nSPS) is 19.6. The molecule has 0 aliphatic heterocycles. The Kier molecular flexibility index (Phi) is 7.85. The molecule has 0 aromatic heterocycles. The van der Waals surface area contributed by atoms with Crippen molar-refractivity contribution in [2.24, 2.45) is 11.8 Å². The van der Waals surface area contributed by atoms with Crippen molar-refractivity contribution in [2.45, 2.75) is 40.2 Å². The number of aliphatic hydroxyl groups is 1. The molecule has 0 fully saturated rings. The van der Waals surface area contributed by atoms with Gasteiger partial charge in [0.15, 0.2) is 23.0 Å². The molecule has 0 radical (unpaired) electrons. The third-order valence-corrected chi connectivity index (χ3v) is 6.82. The molecule has 190 valence electrons. The van der Waals surface area contributed by atoms with Crippen LogP contribution in [0.25, 0.3) is 11.1 Å². The lowest BCUT2D eigenvalue weighted by molar-refractivity contribution is -0.130. The molecule has 8 nitrogen and oxygen atoms in total. The van der Waals surface area contributed by atoms with Gasteiger partial charge >= 0.3 is 5.97 Å². The van der Waals surface area contributed by atoms with Crippen LogP contribution >= 0.6 is 0 Å². The fourth-order valence-corrected chi connectivity index (χ4v) is 4.49. The molecule has 3 atom stereocenters. The van der Waals surface area contributed by atoms with Crippen molar-refractivity contribution in [3.05, 3.63) is 34.9 Å².